The van der Waals surface area contributed by atoms with E-state index >= 15 is 0 Å². The van der Waals surface area contributed by atoms with Crippen molar-refractivity contribution >= 4 is 33.9 Å². The maximum Gasteiger partial charge on any atom is 0.363 e. The number of carbonyl (C=O) groups is 1. The highest BCUT2D eigenvalue weighted by Crippen LogP contribution is 2.24. The van der Waals surface area contributed by atoms with Crippen LogP contribution in [0.2, 0.25) is 0 Å². The average molecular weight is 358 g/mol. The van der Waals surface area contributed by atoms with E-state index in [9.17, 15) is 4.79 Å². The van der Waals surface area contributed by atoms with Gasteiger partial charge in [0.25, 0.3) is 0 Å². The lowest BCUT2D eigenvalue weighted by molar-refractivity contribution is -0.129. The van der Waals surface area contributed by atoms with E-state index in [1.807, 2.05) is 42.5 Å². The molecule has 0 atom stereocenters. The molecule has 0 spiro atoms. The first-order valence-corrected chi connectivity index (χ1v) is 7.38. The molecule has 2 aromatic rings. The minimum absolute atomic E-state index is 0.268. The largest absolute Gasteiger partial charge is 0.497 e. The lowest BCUT2D eigenvalue weighted by atomic mass is 10.2. The fraction of sp³-hybridized carbons (Fsp3) is 0.0588. The summed E-state index contributed by atoms with van der Waals surface area (Å²) >= 11 is 3.44. The van der Waals surface area contributed by atoms with E-state index in [-0.39, 0.29) is 11.6 Å². The van der Waals surface area contributed by atoms with Crippen LogP contribution in [0.5, 0.6) is 5.75 Å². The van der Waals surface area contributed by atoms with Crippen molar-refractivity contribution in [3.05, 3.63) is 69.8 Å². The number of methoxy groups -OCH3 is 1. The molecule has 0 radical (unpaired) electrons. The summed E-state index contributed by atoms with van der Waals surface area (Å²) in [5.74, 6) is 0.496. The fourth-order valence-electron chi connectivity index (χ4n) is 2.03. The molecule has 0 aromatic heterocycles. The standard InChI is InChI=1S/C17H12BrNO3/c1-21-13-7-4-6-12(9-13)16-19-15(17(20)22-16)10-11-5-2-3-8-14(11)18/h2-10H,1H3/b15-10+. The first kappa shape index (κ1) is 14.5. The van der Waals surface area contributed by atoms with Gasteiger partial charge in [0.05, 0.1) is 7.11 Å². The molecule has 0 aliphatic carbocycles. The third kappa shape index (κ3) is 2.94. The van der Waals surface area contributed by atoms with Crippen LogP contribution in [0.25, 0.3) is 6.08 Å². The summed E-state index contributed by atoms with van der Waals surface area (Å²) in [7, 11) is 1.58. The minimum Gasteiger partial charge on any atom is -0.497 e. The van der Waals surface area contributed by atoms with Gasteiger partial charge >= 0.3 is 5.97 Å². The Hall–Kier alpha value is -2.40. The smallest absolute Gasteiger partial charge is 0.363 e. The molecule has 1 aliphatic rings. The van der Waals surface area contributed by atoms with Gasteiger partial charge in [0.15, 0.2) is 5.70 Å². The average Bonchev–Trinajstić information content (AvgIpc) is 2.91. The maximum absolute atomic E-state index is 12.0. The summed E-state index contributed by atoms with van der Waals surface area (Å²) < 4.78 is 11.3. The van der Waals surface area contributed by atoms with Crippen molar-refractivity contribution in [2.75, 3.05) is 7.11 Å². The highest BCUT2D eigenvalue weighted by atomic mass is 79.9. The molecule has 1 aliphatic heterocycles. The zero-order chi connectivity index (χ0) is 15.5. The van der Waals surface area contributed by atoms with Crippen molar-refractivity contribution in [3.63, 3.8) is 0 Å². The number of nitrogens with zero attached hydrogens (tertiary/aromatic N) is 1. The van der Waals surface area contributed by atoms with Crippen LogP contribution in [0.15, 0.2) is 63.7 Å². The Labute approximate surface area is 136 Å². The van der Waals surface area contributed by atoms with Gasteiger partial charge in [-0.2, -0.15) is 0 Å². The molecule has 2 aromatic carbocycles. The van der Waals surface area contributed by atoms with Crippen LogP contribution >= 0.6 is 15.9 Å². The van der Waals surface area contributed by atoms with E-state index in [0.29, 0.717) is 11.3 Å². The Bertz CT molecular complexity index is 796. The molecule has 3 rings (SSSR count). The Morgan fingerprint density at radius 2 is 2.00 bits per heavy atom. The maximum atomic E-state index is 12.0. The van der Waals surface area contributed by atoms with Crippen LogP contribution in [0, 0.1) is 0 Å². The highest BCUT2D eigenvalue weighted by molar-refractivity contribution is 9.10. The van der Waals surface area contributed by atoms with Crippen molar-refractivity contribution < 1.29 is 14.3 Å². The molecule has 1 heterocycles. The van der Waals surface area contributed by atoms with Gasteiger partial charge in [0.2, 0.25) is 5.90 Å². The van der Waals surface area contributed by atoms with E-state index in [0.717, 1.165) is 10.0 Å². The van der Waals surface area contributed by atoms with Gasteiger partial charge in [-0.25, -0.2) is 9.79 Å². The van der Waals surface area contributed by atoms with E-state index in [1.165, 1.54) is 0 Å². The van der Waals surface area contributed by atoms with Gasteiger partial charge in [0.1, 0.15) is 5.75 Å². The topological polar surface area (TPSA) is 47.9 Å². The first-order valence-electron chi connectivity index (χ1n) is 6.59. The van der Waals surface area contributed by atoms with Gasteiger partial charge < -0.3 is 9.47 Å². The zero-order valence-electron chi connectivity index (χ0n) is 11.7. The van der Waals surface area contributed by atoms with Gasteiger partial charge in [-0.15, -0.1) is 0 Å². The molecule has 0 amide bonds. The number of hydrogen-bond acceptors (Lipinski definition) is 4. The molecule has 0 N–H and O–H groups in total. The monoisotopic (exact) mass is 357 g/mol. The lowest BCUT2D eigenvalue weighted by Gasteiger charge is -2.02. The normalized spacial score (nSPS) is 15.6. The summed E-state index contributed by atoms with van der Waals surface area (Å²) in [6.07, 6.45) is 1.69. The minimum atomic E-state index is -0.464. The molecule has 22 heavy (non-hydrogen) atoms. The summed E-state index contributed by atoms with van der Waals surface area (Å²) in [6, 6.07) is 14.8. The molecule has 0 fully saturated rings. The lowest BCUT2D eigenvalue weighted by Crippen LogP contribution is -2.05. The van der Waals surface area contributed by atoms with Crippen LogP contribution < -0.4 is 4.74 Å². The molecule has 0 saturated heterocycles. The molecule has 0 saturated carbocycles. The van der Waals surface area contributed by atoms with E-state index in [1.54, 1.807) is 19.3 Å². The van der Waals surface area contributed by atoms with Gasteiger partial charge in [-0.1, -0.05) is 40.2 Å². The number of aliphatic imine (C=N–C) groups is 1. The second kappa shape index (κ2) is 6.15. The Morgan fingerprint density at radius 3 is 2.77 bits per heavy atom. The molecule has 110 valence electrons. The SMILES string of the molecule is COc1cccc(C2=N/C(=C/c3ccccc3Br)C(=O)O2)c1. The number of ether oxygens (including phenoxy) is 2. The number of carbonyl (C=O) groups excluding carboxylic acids is 1. The van der Waals surface area contributed by atoms with Crippen molar-refractivity contribution in [2.24, 2.45) is 4.99 Å². The molecule has 4 nitrogen and oxygen atoms in total. The highest BCUT2D eigenvalue weighted by Gasteiger charge is 2.24. The number of benzene rings is 2. The van der Waals surface area contributed by atoms with Crippen LogP contribution in [-0.2, 0) is 9.53 Å². The fourth-order valence-corrected chi connectivity index (χ4v) is 2.43. The van der Waals surface area contributed by atoms with Crippen LogP contribution in [0.4, 0.5) is 0 Å². The van der Waals surface area contributed by atoms with Gasteiger partial charge in [-0.05, 0) is 35.9 Å². The predicted octanol–water partition coefficient (Wildman–Crippen LogP) is 3.80. The van der Waals surface area contributed by atoms with Gasteiger partial charge in [0, 0.05) is 10.0 Å². The van der Waals surface area contributed by atoms with E-state index < -0.39 is 5.97 Å². The molecular weight excluding hydrogens is 346 g/mol. The second-order valence-electron chi connectivity index (χ2n) is 4.59. The number of rotatable bonds is 3. The van der Waals surface area contributed by atoms with Crippen molar-refractivity contribution in [3.8, 4) is 5.75 Å². The summed E-state index contributed by atoms with van der Waals surface area (Å²) in [5.41, 5.74) is 1.83. The Kier molecular flexibility index (Phi) is 4.06. The Balaban J connectivity index is 1.96. The van der Waals surface area contributed by atoms with E-state index in [2.05, 4.69) is 20.9 Å². The molecule has 5 heteroatoms. The molecule has 0 bridgehead atoms. The van der Waals surface area contributed by atoms with Crippen molar-refractivity contribution in [1.29, 1.82) is 0 Å². The van der Waals surface area contributed by atoms with E-state index in [4.69, 9.17) is 9.47 Å². The van der Waals surface area contributed by atoms with Crippen molar-refractivity contribution in [2.45, 2.75) is 0 Å². The number of halogens is 1. The summed E-state index contributed by atoms with van der Waals surface area (Å²) in [5, 5.41) is 0. The summed E-state index contributed by atoms with van der Waals surface area (Å²) in [4.78, 5) is 16.3. The number of esters is 1. The second-order valence-corrected chi connectivity index (χ2v) is 5.44. The predicted molar refractivity (Wildman–Crippen MR) is 87.7 cm³/mol. The molecular formula is C17H12BrNO3. The number of hydrogen-bond donors (Lipinski definition) is 0. The van der Waals surface area contributed by atoms with Crippen LogP contribution in [0.3, 0.4) is 0 Å². The summed E-state index contributed by atoms with van der Waals surface area (Å²) in [6.45, 7) is 0. The van der Waals surface area contributed by atoms with Crippen LogP contribution in [0.1, 0.15) is 11.1 Å². The van der Waals surface area contributed by atoms with Crippen molar-refractivity contribution in [1.82, 2.24) is 0 Å². The van der Waals surface area contributed by atoms with Gasteiger partial charge in [-0.3, -0.25) is 0 Å². The third-order valence-electron chi connectivity index (χ3n) is 3.13. The number of cyclic esters (lactones) is 1. The first-order chi connectivity index (χ1) is 10.7. The zero-order valence-corrected chi connectivity index (χ0v) is 13.3. The quantitative estimate of drug-likeness (QED) is 0.619. The third-order valence-corrected chi connectivity index (χ3v) is 3.86. The van der Waals surface area contributed by atoms with Crippen LogP contribution in [-0.4, -0.2) is 19.0 Å². The Morgan fingerprint density at radius 1 is 1.18 bits per heavy atom. The molecule has 0 unspecified atom stereocenters.